The first-order chi connectivity index (χ1) is 31.2. The predicted octanol–water partition coefficient (Wildman–Crippen LogP) is 18.2. The van der Waals surface area contributed by atoms with Crippen LogP contribution in [0.4, 0.5) is 0 Å². The molecule has 0 aliphatic rings. The number of unbranched alkanes of at least 4 members (excludes halogenated alkanes) is 33. The van der Waals surface area contributed by atoms with Crippen molar-refractivity contribution in [1.82, 2.24) is 5.32 Å². The summed E-state index contributed by atoms with van der Waals surface area (Å²) in [4.78, 5) is 12.4. The highest BCUT2D eigenvalue weighted by atomic mass is 16.3. The Kier molecular flexibility index (Phi) is 52.3. The fraction of sp³-hybridized carbons (Fsp3) is 0.780. The van der Waals surface area contributed by atoms with Crippen LogP contribution in [0.5, 0.6) is 0 Å². The molecule has 366 valence electrons. The Hall–Kier alpha value is -2.17. The fourth-order valence-corrected chi connectivity index (χ4v) is 8.27. The van der Waals surface area contributed by atoms with Gasteiger partial charge in [0.1, 0.15) is 0 Å². The van der Waals surface area contributed by atoms with Crippen LogP contribution in [-0.2, 0) is 4.79 Å². The second kappa shape index (κ2) is 54.2. The molecule has 2 atom stereocenters. The molecule has 0 bridgehead atoms. The topological polar surface area (TPSA) is 69.6 Å². The third kappa shape index (κ3) is 50.7. The van der Waals surface area contributed by atoms with Crippen molar-refractivity contribution in [2.24, 2.45) is 0 Å². The molecule has 0 spiro atoms. The van der Waals surface area contributed by atoms with Crippen LogP contribution in [-0.4, -0.2) is 34.9 Å². The Balaban J connectivity index is 3.52. The van der Waals surface area contributed by atoms with Crippen molar-refractivity contribution in [3.8, 4) is 0 Å². The highest BCUT2D eigenvalue weighted by Crippen LogP contribution is 2.17. The first kappa shape index (κ1) is 60.8. The van der Waals surface area contributed by atoms with Gasteiger partial charge in [0.25, 0.3) is 0 Å². The van der Waals surface area contributed by atoms with E-state index in [0.717, 1.165) is 70.6 Å². The van der Waals surface area contributed by atoms with Crippen LogP contribution >= 0.6 is 0 Å². The Morgan fingerprint density at radius 3 is 1.05 bits per heavy atom. The maximum atomic E-state index is 12.4. The minimum atomic E-state index is -0.858. The van der Waals surface area contributed by atoms with E-state index < -0.39 is 12.1 Å². The maximum absolute atomic E-state index is 12.4. The summed E-state index contributed by atoms with van der Waals surface area (Å²) in [6.45, 7) is 4.20. The van der Waals surface area contributed by atoms with E-state index in [1.54, 1.807) is 6.08 Å². The zero-order valence-corrected chi connectivity index (χ0v) is 42.1. The largest absolute Gasteiger partial charge is 0.394 e. The summed E-state index contributed by atoms with van der Waals surface area (Å²) in [5, 5.41) is 23.1. The van der Waals surface area contributed by atoms with Crippen molar-refractivity contribution in [3.63, 3.8) is 0 Å². The average Bonchev–Trinajstić information content (AvgIpc) is 3.29. The molecule has 2 unspecified atom stereocenters. The van der Waals surface area contributed by atoms with Crippen LogP contribution < -0.4 is 5.32 Å². The van der Waals surface area contributed by atoms with E-state index in [-0.39, 0.29) is 12.5 Å². The zero-order chi connectivity index (χ0) is 45.6. The molecule has 0 saturated carbocycles. The van der Waals surface area contributed by atoms with Crippen LogP contribution in [0.25, 0.3) is 0 Å². The molecule has 0 aromatic carbocycles. The molecule has 0 rings (SSSR count). The molecule has 0 heterocycles. The van der Waals surface area contributed by atoms with Gasteiger partial charge in [-0.1, -0.05) is 279 Å². The Morgan fingerprint density at radius 2 is 0.698 bits per heavy atom. The second-order valence-electron chi connectivity index (χ2n) is 18.6. The number of aliphatic hydroxyl groups excluding tert-OH is 2. The molecule has 4 nitrogen and oxygen atoms in total. The van der Waals surface area contributed by atoms with Gasteiger partial charge < -0.3 is 15.5 Å². The highest BCUT2D eigenvalue weighted by Gasteiger charge is 2.18. The van der Waals surface area contributed by atoms with Crippen LogP contribution in [0, 0.1) is 0 Å². The van der Waals surface area contributed by atoms with Crippen LogP contribution in [0.1, 0.15) is 277 Å². The van der Waals surface area contributed by atoms with Gasteiger partial charge in [0.2, 0.25) is 5.91 Å². The van der Waals surface area contributed by atoms with Gasteiger partial charge in [0.05, 0.1) is 18.8 Å². The average molecular weight is 879 g/mol. The molecule has 3 N–H and O–H groups in total. The number of carbonyl (C=O) groups is 1. The summed E-state index contributed by atoms with van der Waals surface area (Å²) < 4.78 is 0. The van der Waals surface area contributed by atoms with Gasteiger partial charge >= 0.3 is 0 Å². The lowest BCUT2D eigenvalue weighted by Gasteiger charge is -2.19. The lowest BCUT2D eigenvalue weighted by Crippen LogP contribution is -2.45. The summed E-state index contributed by atoms with van der Waals surface area (Å²) in [7, 11) is 0. The molecule has 1 amide bonds. The van der Waals surface area contributed by atoms with Gasteiger partial charge in [-0.15, -0.1) is 0 Å². The Labute approximate surface area is 393 Å². The minimum Gasteiger partial charge on any atom is -0.394 e. The number of aliphatic hydroxyl groups is 2. The number of nitrogens with one attached hydrogen (secondary N) is 1. The van der Waals surface area contributed by atoms with Crippen molar-refractivity contribution in [1.29, 1.82) is 0 Å². The molecule has 0 aliphatic carbocycles. The van der Waals surface area contributed by atoms with Gasteiger partial charge in [-0.05, 0) is 64.2 Å². The van der Waals surface area contributed by atoms with E-state index in [1.807, 2.05) is 6.08 Å². The number of amides is 1. The van der Waals surface area contributed by atoms with E-state index in [0.29, 0.717) is 6.42 Å². The van der Waals surface area contributed by atoms with E-state index in [2.05, 4.69) is 79.9 Å². The molecular weight excluding hydrogens is 771 g/mol. The van der Waals surface area contributed by atoms with Crippen molar-refractivity contribution in [2.45, 2.75) is 289 Å². The monoisotopic (exact) mass is 878 g/mol. The van der Waals surface area contributed by atoms with Crippen molar-refractivity contribution < 1.29 is 15.0 Å². The normalized spacial score (nSPS) is 13.4. The van der Waals surface area contributed by atoms with Crippen LogP contribution in [0.15, 0.2) is 72.9 Å². The zero-order valence-electron chi connectivity index (χ0n) is 42.1. The quantitative estimate of drug-likeness (QED) is 0.0421. The number of hydrogen-bond acceptors (Lipinski definition) is 3. The van der Waals surface area contributed by atoms with Gasteiger partial charge in [0.15, 0.2) is 0 Å². The van der Waals surface area contributed by atoms with Crippen LogP contribution in [0.2, 0.25) is 0 Å². The number of carbonyl (C=O) groups excluding carboxylic acids is 1. The summed E-state index contributed by atoms with van der Waals surface area (Å²) in [5.74, 6) is -0.0950. The molecule has 0 fully saturated rings. The van der Waals surface area contributed by atoms with E-state index in [9.17, 15) is 15.0 Å². The Morgan fingerprint density at radius 1 is 0.397 bits per heavy atom. The van der Waals surface area contributed by atoms with Gasteiger partial charge in [0, 0.05) is 6.42 Å². The molecule has 0 aromatic heterocycles. The number of allylic oxidation sites excluding steroid dienone is 11. The first-order valence-corrected chi connectivity index (χ1v) is 27.7. The lowest BCUT2D eigenvalue weighted by molar-refractivity contribution is -0.123. The summed E-state index contributed by atoms with van der Waals surface area (Å²) in [5.41, 5.74) is 0. The second-order valence-corrected chi connectivity index (χ2v) is 18.6. The third-order valence-corrected chi connectivity index (χ3v) is 12.4. The van der Waals surface area contributed by atoms with Crippen molar-refractivity contribution in [3.05, 3.63) is 72.9 Å². The third-order valence-electron chi connectivity index (χ3n) is 12.4. The fourth-order valence-electron chi connectivity index (χ4n) is 8.27. The SMILES string of the molecule is CC/C=C\C/C=C\C/C=C\C/C=C\C/C=C\CCCCCC(=O)NC(CO)C(O)/C=C/CCCCCCCCCCCCCCCCCCCCCCCCCCCCCCCC. The van der Waals surface area contributed by atoms with Crippen LogP contribution in [0.3, 0.4) is 0 Å². The van der Waals surface area contributed by atoms with Gasteiger partial charge in [-0.2, -0.15) is 0 Å². The smallest absolute Gasteiger partial charge is 0.220 e. The summed E-state index contributed by atoms with van der Waals surface area (Å²) in [6.07, 6.45) is 77.8. The predicted molar refractivity (Wildman–Crippen MR) is 281 cm³/mol. The summed E-state index contributed by atoms with van der Waals surface area (Å²) >= 11 is 0. The van der Waals surface area contributed by atoms with Gasteiger partial charge in [-0.25, -0.2) is 0 Å². The van der Waals surface area contributed by atoms with Gasteiger partial charge in [-0.3, -0.25) is 4.79 Å². The minimum absolute atomic E-state index is 0.0950. The molecule has 4 heteroatoms. The number of rotatable bonds is 50. The Bertz CT molecular complexity index is 1090. The van der Waals surface area contributed by atoms with E-state index >= 15 is 0 Å². The molecule has 0 aromatic rings. The molecule has 0 radical (unpaired) electrons. The highest BCUT2D eigenvalue weighted by molar-refractivity contribution is 5.76. The molecule has 0 saturated heterocycles. The maximum Gasteiger partial charge on any atom is 0.220 e. The van der Waals surface area contributed by atoms with Crippen molar-refractivity contribution in [2.75, 3.05) is 6.61 Å². The first-order valence-electron chi connectivity index (χ1n) is 27.7. The molecular formula is C59H107NO3. The summed E-state index contributed by atoms with van der Waals surface area (Å²) in [6, 6.07) is -0.645. The molecule has 63 heavy (non-hydrogen) atoms. The van der Waals surface area contributed by atoms with Crippen molar-refractivity contribution >= 4 is 5.91 Å². The standard InChI is InChI=1S/C59H107NO3/c1-3-5-7-9-11-13-15-17-19-21-23-24-25-26-27-28-29-30-31-32-33-34-35-37-38-40-42-44-46-48-50-52-54-58(62)57(56-61)60-59(63)55-53-51-49-47-45-43-41-39-36-22-20-18-16-14-12-10-8-6-4-2/h6,8,12,14,18,20,36,39,43,45,52,54,57-58,61-62H,3-5,7,9-11,13,15-17,19,21-35,37-38,40-42,44,46-51,53,55-56H2,1-2H3,(H,60,63)/b8-6-,14-12-,20-18-,39-36-,45-43-,54-52+. The lowest BCUT2D eigenvalue weighted by atomic mass is 10.0. The van der Waals surface area contributed by atoms with E-state index in [1.165, 1.54) is 186 Å². The van der Waals surface area contributed by atoms with E-state index in [4.69, 9.17) is 0 Å². The molecule has 0 aliphatic heterocycles. The number of hydrogen-bond donors (Lipinski definition) is 3.